The lowest BCUT2D eigenvalue weighted by Gasteiger charge is -2.46. The van der Waals surface area contributed by atoms with Crippen LogP contribution in [-0.2, 0) is 4.79 Å². The van der Waals surface area contributed by atoms with Gasteiger partial charge in [0, 0.05) is 42.3 Å². The highest BCUT2D eigenvalue weighted by atomic mass is 79.9. The number of hydrogen-bond acceptors (Lipinski definition) is 5. The molecular formula is C23H38BrN3OS. The number of aldehydes is 1. The van der Waals surface area contributed by atoms with Crippen LogP contribution in [0.5, 0.6) is 0 Å². The van der Waals surface area contributed by atoms with Gasteiger partial charge in [-0.25, -0.2) is 9.29 Å². The summed E-state index contributed by atoms with van der Waals surface area (Å²) >= 11 is 5.22. The van der Waals surface area contributed by atoms with Crippen LogP contribution < -0.4 is 4.90 Å². The van der Waals surface area contributed by atoms with Crippen LogP contribution in [0.15, 0.2) is 22.8 Å². The van der Waals surface area contributed by atoms with Crippen LogP contribution in [-0.4, -0.2) is 48.0 Å². The van der Waals surface area contributed by atoms with Gasteiger partial charge < -0.3 is 9.69 Å². The van der Waals surface area contributed by atoms with E-state index in [1.807, 2.05) is 38.1 Å². The molecular weight excluding hydrogens is 446 g/mol. The molecule has 0 N–H and O–H groups in total. The first-order chi connectivity index (χ1) is 13.9. The number of hydrogen-bond donors (Lipinski definition) is 0. The first kappa shape index (κ1) is 24.7. The first-order valence-corrected chi connectivity index (χ1v) is 13.0. The third kappa shape index (κ3) is 4.85. The highest BCUT2D eigenvalue weighted by Gasteiger charge is 2.73. The normalized spacial score (nSPS) is 33.0. The molecule has 164 valence electrons. The summed E-state index contributed by atoms with van der Waals surface area (Å²) in [6.45, 7) is 15.1. The summed E-state index contributed by atoms with van der Waals surface area (Å²) in [5.74, 6) is 2.71. The van der Waals surface area contributed by atoms with Crippen molar-refractivity contribution in [1.82, 2.24) is 9.29 Å². The summed E-state index contributed by atoms with van der Waals surface area (Å²) in [5, 5.41) is 0. The smallest absolute Gasteiger partial charge is 0.128 e. The molecule has 29 heavy (non-hydrogen) atoms. The van der Waals surface area contributed by atoms with E-state index in [2.05, 4.69) is 63.2 Å². The maximum atomic E-state index is 11.0. The molecule has 2 aliphatic carbocycles. The molecule has 6 heteroatoms. The molecule has 4 atom stereocenters. The molecule has 4 nitrogen and oxygen atoms in total. The van der Waals surface area contributed by atoms with Crippen molar-refractivity contribution in [1.29, 1.82) is 0 Å². The SMILES string of the molecule is CC.CCC1C(C)C12CCC2(C)C=O.CSN1CCN(c2ccc(Br)cn2)CC1. The highest BCUT2D eigenvalue weighted by Crippen LogP contribution is 2.78. The molecule has 0 radical (unpaired) electrons. The summed E-state index contributed by atoms with van der Waals surface area (Å²) in [4.78, 5) is 17.7. The summed E-state index contributed by atoms with van der Waals surface area (Å²) in [7, 11) is 0. The van der Waals surface area contributed by atoms with Crippen molar-refractivity contribution in [2.75, 3.05) is 37.3 Å². The maximum Gasteiger partial charge on any atom is 0.128 e. The Labute approximate surface area is 190 Å². The quantitative estimate of drug-likeness (QED) is 0.392. The summed E-state index contributed by atoms with van der Waals surface area (Å²) < 4.78 is 3.42. The molecule has 0 bridgehead atoms. The number of carbonyl (C=O) groups excluding carboxylic acids is 1. The van der Waals surface area contributed by atoms with Gasteiger partial charge in [0.2, 0.25) is 0 Å². The van der Waals surface area contributed by atoms with E-state index >= 15 is 0 Å². The zero-order valence-corrected chi connectivity index (χ0v) is 21.4. The molecule has 2 heterocycles. The Kier molecular flexibility index (Phi) is 9.05. The Morgan fingerprint density at radius 1 is 1.24 bits per heavy atom. The fourth-order valence-electron chi connectivity index (χ4n) is 5.43. The molecule has 3 aliphatic rings. The lowest BCUT2D eigenvalue weighted by atomic mass is 9.57. The minimum atomic E-state index is 0.0348. The van der Waals surface area contributed by atoms with Crippen LogP contribution in [0.1, 0.15) is 53.9 Å². The van der Waals surface area contributed by atoms with E-state index in [1.165, 1.54) is 19.1 Å². The van der Waals surface area contributed by atoms with E-state index in [-0.39, 0.29) is 5.41 Å². The van der Waals surface area contributed by atoms with E-state index in [9.17, 15) is 4.79 Å². The second-order valence-corrected chi connectivity index (χ2v) is 10.1. The fraction of sp³-hybridized carbons (Fsp3) is 0.739. The van der Waals surface area contributed by atoms with Gasteiger partial charge in [-0.1, -0.05) is 53.0 Å². The Bertz CT molecular complexity index is 650. The van der Waals surface area contributed by atoms with Crippen molar-refractivity contribution < 1.29 is 4.79 Å². The molecule has 0 amide bonds. The van der Waals surface area contributed by atoms with E-state index < -0.39 is 0 Å². The standard InChI is InChI=1S/C11H18O.C10H14BrN3S.C2H6/c1-4-9-8(2)11(9)6-5-10(11,3)7-12;1-15-14-6-4-13(5-7-14)10-3-2-9(11)8-12-10;1-2/h7-9H,4-6H2,1-3H3;2-3,8H,4-7H2,1H3;1-2H3. The van der Waals surface area contributed by atoms with Crippen LogP contribution in [0, 0.1) is 22.7 Å². The van der Waals surface area contributed by atoms with Gasteiger partial charge in [-0.3, -0.25) is 0 Å². The average Bonchev–Trinajstić information content (AvgIpc) is 3.42. The summed E-state index contributed by atoms with van der Waals surface area (Å²) in [5.41, 5.74) is 0.469. The lowest BCUT2D eigenvalue weighted by Crippen LogP contribution is -2.43. The minimum absolute atomic E-state index is 0.0348. The van der Waals surface area contributed by atoms with Crippen LogP contribution in [0.4, 0.5) is 5.82 Å². The lowest BCUT2D eigenvalue weighted by molar-refractivity contribution is -0.128. The Hall–Kier alpha value is -0.590. The van der Waals surface area contributed by atoms with Gasteiger partial charge in [0.15, 0.2) is 0 Å². The van der Waals surface area contributed by atoms with E-state index in [0.29, 0.717) is 5.41 Å². The maximum absolute atomic E-state index is 11.0. The van der Waals surface area contributed by atoms with Crippen molar-refractivity contribution in [3.8, 4) is 0 Å². The van der Waals surface area contributed by atoms with Gasteiger partial charge in [-0.05, 0) is 64.4 Å². The number of piperazine rings is 1. The average molecular weight is 485 g/mol. The third-order valence-electron chi connectivity index (χ3n) is 7.32. The second kappa shape index (κ2) is 10.6. The molecule has 4 unspecified atom stereocenters. The molecule has 3 fully saturated rings. The van der Waals surface area contributed by atoms with Gasteiger partial charge in [0.1, 0.15) is 12.1 Å². The minimum Gasteiger partial charge on any atom is -0.354 e. The van der Waals surface area contributed by atoms with Gasteiger partial charge in [0.05, 0.1) is 0 Å². The number of halogens is 1. The summed E-state index contributed by atoms with van der Waals surface area (Å²) in [6, 6.07) is 4.11. The zero-order valence-electron chi connectivity index (χ0n) is 18.9. The Morgan fingerprint density at radius 2 is 1.90 bits per heavy atom. The number of pyridine rings is 1. The fourth-order valence-corrected chi connectivity index (χ4v) is 6.20. The number of rotatable bonds is 4. The van der Waals surface area contributed by atoms with E-state index in [0.717, 1.165) is 54.7 Å². The third-order valence-corrected chi connectivity index (χ3v) is 8.67. The van der Waals surface area contributed by atoms with Crippen molar-refractivity contribution >= 4 is 40.0 Å². The Balaban J connectivity index is 0.000000194. The Morgan fingerprint density at radius 3 is 2.28 bits per heavy atom. The number of carbonyl (C=O) groups is 1. The second-order valence-electron chi connectivity index (χ2n) is 8.31. The predicted molar refractivity (Wildman–Crippen MR) is 129 cm³/mol. The zero-order chi connectivity index (χ0) is 21.7. The van der Waals surface area contributed by atoms with Crippen molar-refractivity contribution in [3.63, 3.8) is 0 Å². The monoisotopic (exact) mass is 483 g/mol. The van der Waals surface area contributed by atoms with Gasteiger partial charge in [-0.15, -0.1) is 0 Å². The van der Waals surface area contributed by atoms with E-state index in [1.54, 1.807) is 0 Å². The molecule has 1 saturated heterocycles. The van der Waals surface area contributed by atoms with Gasteiger partial charge >= 0.3 is 0 Å². The molecule has 1 aromatic rings. The molecule has 4 rings (SSSR count). The van der Waals surface area contributed by atoms with Crippen molar-refractivity contribution in [2.45, 2.75) is 53.9 Å². The van der Waals surface area contributed by atoms with Crippen LogP contribution in [0.2, 0.25) is 0 Å². The topological polar surface area (TPSA) is 36.4 Å². The van der Waals surface area contributed by atoms with Gasteiger partial charge in [0.25, 0.3) is 0 Å². The first-order valence-electron chi connectivity index (χ1n) is 11.0. The van der Waals surface area contributed by atoms with Crippen LogP contribution in [0.25, 0.3) is 0 Å². The molecule has 1 spiro atoms. The van der Waals surface area contributed by atoms with Crippen molar-refractivity contribution in [2.24, 2.45) is 22.7 Å². The highest BCUT2D eigenvalue weighted by molar-refractivity contribution is 9.10. The largest absolute Gasteiger partial charge is 0.354 e. The number of anilines is 1. The van der Waals surface area contributed by atoms with Crippen LogP contribution in [0.3, 0.4) is 0 Å². The molecule has 2 saturated carbocycles. The summed E-state index contributed by atoms with van der Waals surface area (Å²) in [6.07, 6.45) is 8.87. The molecule has 1 aromatic heterocycles. The number of nitrogens with zero attached hydrogens (tertiary/aromatic N) is 3. The van der Waals surface area contributed by atoms with Gasteiger partial charge in [-0.2, -0.15) is 0 Å². The number of aromatic nitrogens is 1. The molecule has 0 aromatic carbocycles. The van der Waals surface area contributed by atoms with Crippen LogP contribution >= 0.6 is 27.9 Å². The van der Waals surface area contributed by atoms with E-state index in [4.69, 9.17) is 0 Å². The predicted octanol–water partition coefficient (Wildman–Crippen LogP) is 5.92. The van der Waals surface area contributed by atoms with Crippen molar-refractivity contribution in [3.05, 3.63) is 22.8 Å². The molecule has 1 aliphatic heterocycles.